The second-order valence-corrected chi connectivity index (χ2v) is 4.94. The van der Waals surface area contributed by atoms with E-state index in [1.54, 1.807) is 0 Å². The van der Waals surface area contributed by atoms with Gasteiger partial charge < -0.3 is 9.84 Å². The van der Waals surface area contributed by atoms with Gasteiger partial charge in [0.25, 0.3) is 0 Å². The van der Waals surface area contributed by atoms with E-state index < -0.39 is 10.9 Å². The van der Waals surface area contributed by atoms with E-state index in [0.717, 1.165) is 25.7 Å². The number of hydrogen-bond acceptors (Lipinski definition) is 4. The van der Waals surface area contributed by atoms with Crippen LogP contribution >= 0.6 is 0 Å². The summed E-state index contributed by atoms with van der Waals surface area (Å²) in [4.78, 5) is 21.6. The summed E-state index contributed by atoms with van der Waals surface area (Å²) in [6.45, 7) is 4.42. The van der Waals surface area contributed by atoms with E-state index in [-0.39, 0.29) is 22.9 Å². The lowest BCUT2D eigenvalue weighted by molar-refractivity contribution is -0.385. The normalized spacial score (nSPS) is 11.9. The molecule has 1 unspecified atom stereocenters. The molecule has 1 rings (SSSR count). The number of aromatic carboxylic acids is 1. The van der Waals surface area contributed by atoms with Gasteiger partial charge in [0.2, 0.25) is 5.75 Å². The minimum Gasteiger partial charge on any atom is -0.486 e. The highest BCUT2D eigenvalue weighted by Crippen LogP contribution is 2.31. The van der Waals surface area contributed by atoms with Crippen molar-refractivity contribution in [2.75, 3.05) is 6.61 Å². The molecule has 21 heavy (non-hydrogen) atoms. The van der Waals surface area contributed by atoms with Crippen LogP contribution in [0.15, 0.2) is 18.2 Å². The summed E-state index contributed by atoms with van der Waals surface area (Å²) < 4.78 is 5.52. The van der Waals surface area contributed by atoms with E-state index in [4.69, 9.17) is 9.84 Å². The fourth-order valence-electron chi connectivity index (χ4n) is 2.09. The number of hydrogen-bond donors (Lipinski definition) is 1. The lowest BCUT2D eigenvalue weighted by atomic mass is 10.0. The Bertz CT molecular complexity index is 469. The van der Waals surface area contributed by atoms with Crippen LogP contribution in [0.4, 0.5) is 5.69 Å². The predicted molar refractivity (Wildman–Crippen MR) is 78.9 cm³/mol. The smallest absolute Gasteiger partial charge is 0.339 e. The van der Waals surface area contributed by atoms with Crippen molar-refractivity contribution < 1.29 is 19.6 Å². The van der Waals surface area contributed by atoms with Crippen molar-refractivity contribution in [3.8, 4) is 5.75 Å². The van der Waals surface area contributed by atoms with Crippen LogP contribution in [0.5, 0.6) is 5.75 Å². The highest BCUT2D eigenvalue weighted by atomic mass is 16.6. The van der Waals surface area contributed by atoms with Gasteiger partial charge in [-0.25, -0.2) is 4.79 Å². The molecular formula is C15H21NO5. The number of nitro groups is 1. The Kier molecular flexibility index (Phi) is 6.65. The number of ether oxygens (including phenoxy) is 1. The largest absolute Gasteiger partial charge is 0.486 e. The summed E-state index contributed by atoms with van der Waals surface area (Å²) in [5, 5.41) is 20.1. The molecule has 0 radical (unpaired) electrons. The van der Waals surface area contributed by atoms with E-state index in [2.05, 4.69) is 6.92 Å². The zero-order valence-corrected chi connectivity index (χ0v) is 12.4. The van der Waals surface area contributed by atoms with Crippen LogP contribution in [0.1, 0.15) is 49.9 Å². The van der Waals surface area contributed by atoms with Gasteiger partial charge in [-0.3, -0.25) is 10.1 Å². The summed E-state index contributed by atoms with van der Waals surface area (Å²) in [6, 6.07) is 3.93. The molecule has 0 heterocycles. The molecule has 1 atom stereocenters. The summed E-state index contributed by atoms with van der Waals surface area (Å²) in [5.41, 5.74) is -0.477. The maximum atomic E-state index is 11.2. The average Bonchev–Trinajstić information content (AvgIpc) is 2.46. The van der Waals surface area contributed by atoms with Crippen molar-refractivity contribution in [3.05, 3.63) is 33.9 Å². The maximum Gasteiger partial charge on any atom is 0.339 e. The number of nitrogens with zero attached hydrogens (tertiary/aromatic N) is 1. The zero-order chi connectivity index (χ0) is 15.8. The fourth-order valence-corrected chi connectivity index (χ4v) is 2.09. The Morgan fingerprint density at radius 3 is 2.67 bits per heavy atom. The number of para-hydroxylation sites is 1. The number of benzene rings is 1. The third kappa shape index (κ3) is 4.73. The highest BCUT2D eigenvalue weighted by Gasteiger charge is 2.23. The van der Waals surface area contributed by atoms with Gasteiger partial charge in [-0.05, 0) is 18.4 Å². The number of carbonyl (C=O) groups is 1. The number of carboxylic acids is 1. The summed E-state index contributed by atoms with van der Waals surface area (Å²) in [5.74, 6) is -1.10. The molecule has 0 fully saturated rings. The molecule has 1 aromatic rings. The Morgan fingerprint density at radius 1 is 1.43 bits per heavy atom. The first-order valence-corrected chi connectivity index (χ1v) is 7.14. The monoisotopic (exact) mass is 295 g/mol. The fraction of sp³-hybridized carbons (Fsp3) is 0.533. The highest BCUT2D eigenvalue weighted by molar-refractivity contribution is 5.92. The Labute approximate surface area is 123 Å². The van der Waals surface area contributed by atoms with Crippen LogP contribution in [-0.4, -0.2) is 22.6 Å². The molecule has 0 spiro atoms. The number of carboxylic acid groups (broad SMARTS) is 1. The first-order valence-electron chi connectivity index (χ1n) is 7.14. The van der Waals surface area contributed by atoms with E-state index >= 15 is 0 Å². The van der Waals surface area contributed by atoms with Crippen molar-refractivity contribution >= 4 is 11.7 Å². The minimum atomic E-state index is -1.23. The first-order chi connectivity index (χ1) is 10.0. The van der Waals surface area contributed by atoms with Crippen LogP contribution in [0.25, 0.3) is 0 Å². The molecule has 0 bridgehead atoms. The van der Waals surface area contributed by atoms with Crippen LogP contribution in [0, 0.1) is 16.0 Å². The molecule has 6 heteroatoms. The Morgan fingerprint density at radius 2 is 2.14 bits per heavy atom. The van der Waals surface area contributed by atoms with Gasteiger partial charge >= 0.3 is 11.7 Å². The second kappa shape index (κ2) is 8.24. The molecular weight excluding hydrogens is 274 g/mol. The number of unbranched alkanes of at least 4 members (excludes halogenated alkanes) is 1. The van der Waals surface area contributed by atoms with Crippen LogP contribution < -0.4 is 4.74 Å². The molecule has 1 N–H and O–H groups in total. The third-order valence-corrected chi connectivity index (χ3v) is 3.43. The van der Waals surface area contributed by atoms with Gasteiger partial charge in [-0.1, -0.05) is 39.2 Å². The molecule has 0 aromatic heterocycles. The summed E-state index contributed by atoms with van der Waals surface area (Å²) in [7, 11) is 0. The van der Waals surface area contributed by atoms with Gasteiger partial charge in [-0.15, -0.1) is 0 Å². The standard InChI is InChI=1S/C15H21NO5/c1-3-5-7-11(4-2)10-21-14-12(15(17)18)8-6-9-13(14)16(19)20/h6,8-9,11H,3-5,7,10H2,1-2H3,(H,17,18). The van der Waals surface area contributed by atoms with Crippen LogP contribution in [-0.2, 0) is 0 Å². The topological polar surface area (TPSA) is 89.7 Å². The van der Waals surface area contributed by atoms with Crippen LogP contribution in [0.2, 0.25) is 0 Å². The van der Waals surface area contributed by atoms with E-state index in [1.807, 2.05) is 6.92 Å². The van der Waals surface area contributed by atoms with Crippen molar-refractivity contribution in [2.45, 2.75) is 39.5 Å². The van der Waals surface area contributed by atoms with Crippen molar-refractivity contribution in [2.24, 2.45) is 5.92 Å². The molecule has 6 nitrogen and oxygen atoms in total. The lowest BCUT2D eigenvalue weighted by Gasteiger charge is -2.16. The molecule has 1 aromatic carbocycles. The molecule has 0 aliphatic carbocycles. The van der Waals surface area contributed by atoms with E-state index in [9.17, 15) is 14.9 Å². The van der Waals surface area contributed by atoms with E-state index in [0.29, 0.717) is 6.61 Å². The minimum absolute atomic E-state index is 0.148. The summed E-state index contributed by atoms with van der Waals surface area (Å²) >= 11 is 0. The average molecular weight is 295 g/mol. The van der Waals surface area contributed by atoms with Crippen molar-refractivity contribution in [1.29, 1.82) is 0 Å². The van der Waals surface area contributed by atoms with Gasteiger partial charge in [0.05, 0.1) is 11.5 Å². The molecule has 116 valence electrons. The second-order valence-electron chi connectivity index (χ2n) is 4.94. The quantitative estimate of drug-likeness (QED) is 0.551. The van der Waals surface area contributed by atoms with Gasteiger partial charge in [0.15, 0.2) is 0 Å². The van der Waals surface area contributed by atoms with Crippen molar-refractivity contribution in [1.82, 2.24) is 0 Å². The van der Waals surface area contributed by atoms with E-state index in [1.165, 1.54) is 18.2 Å². The van der Waals surface area contributed by atoms with Crippen LogP contribution in [0.3, 0.4) is 0 Å². The van der Waals surface area contributed by atoms with Gasteiger partial charge in [0, 0.05) is 6.07 Å². The Hall–Kier alpha value is -2.11. The van der Waals surface area contributed by atoms with Crippen molar-refractivity contribution in [3.63, 3.8) is 0 Å². The van der Waals surface area contributed by atoms with Gasteiger partial charge in [0.1, 0.15) is 5.56 Å². The molecule has 0 aliphatic heterocycles. The first kappa shape index (κ1) is 16.9. The van der Waals surface area contributed by atoms with Gasteiger partial charge in [-0.2, -0.15) is 0 Å². The molecule has 0 saturated heterocycles. The lowest BCUT2D eigenvalue weighted by Crippen LogP contribution is -2.14. The summed E-state index contributed by atoms with van der Waals surface area (Å²) in [6.07, 6.45) is 3.99. The molecule has 0 amide bonds. The predicted octanol–water partition coefficient (Wildman–Crippen LogP) is 3.89. The zero-order valence-electron chi connectivity index (χ0n) is 12.4. The molecule has 0 aliphatic rings. The molecule has 0 saturated carbocycles. The SMILES string of the molecule is CCCCC(CC)COc1c(C(=O)O)cccc1[N+](=O)[O-]. The number of rotatable bonds is 9. The Balaban J connectivity index is 2.94. The third-order valence-electron chi connectivity index (χ3n) is 3.43. The number of nitro benzene ring substituents is 1. The maximum absolute atomic E-state index is 11.2.